The summed E-state index contributed by atoms with van der Waals surface area (Å²) < 4.78 is 98.1. The second-order valence-electron chi connectivity index (χ2n) is 16.1. The van der Waals surface area contributed by atoms with E-state index in [2.05, 4.69) is 0 Å². The molecule has 6 rings (SSSR count). The number of rotatable bonds is 6. The Morgan fingerprint density at radius 2 is 0.696 bits per heavy atom. The van der Waals surface area contributed by atoms with Gasteiger partial charge in [0.25, 0.3) is 0 Å². The Morgan fingerprint density at radius 1 is 0.500 bits per heavy atom. The summed E-state index contributed by atoms with van der Waals surface area (Å²) in [4.78, 5) is 35.5. The van der Waals surface area contributed by atoms with Gasteiger partial charge in [-0.2, -0.15) is 0 Å². The Bertz CT molecular complexity index is 1420. The second-order valence-corrected chi connectivity index (χ2v) is 20.3. The standard InChI is InChI=1S/3C10H16O4S.Fe/c3*1-9(2)7-3-4-10(9,8(11)5-7)6-15(12,13)14;/h3*7H,3-6H2,1-2H3,(H,12,13,14);/q;;;+3/p-3. The van der Waals surface area contributed by atoms with Crippen molar-refractivity contribution in [1.29, 1.82) is 0 Å². The van der Waals surface area contributed by atoms with Crippen LogP contribution in [0.1, 0.15) is 99.3 Å². The molecule has 0 aromatic carbocycles. The molecule has 263 valence electrons. The maximum Gasteiger partial charge on any atom is 3.00 e. The van der Waals surface area contributed by atoms with Crippen molar-refractivity contribution in [2.45, 2.75) is 99.3 Å². The van der Waals surface area contributed by atoms with Gasteiger partial charge in [0.1, 0.15) is 17.3 Å². The minimum Gasteiger partial charge on any atom is -0.748 e. The van der Waals surface area contributed by atoms with E-state index < -0.39 is 63.9 Å². The van der Waals surface area contributed by atoms with Gasteiger partial charge in [-0.05, 0) is 72.5 Å². The maximum atomic E-state index is 11.8. The van der Waals surface area contributed by atoms with E-state index in [0.717, 1.165) is 19.3 Å². The Balaban J connectivity index is 0.000000186. The van der Waals surface area contributed by atoms with Crippen LogP contribution in [-0.2, 0) is 61.8 Å². The van der Waals surface area contributed by atoms with Gasteiger partial charge < -0.3 is 13.7 Å². The molecule has 0 N–H and O–H groups in total. The van der Waals surface area contributed by atoms with Crippen LogP contribution in [-0.4, -0.2) is 73.5 Å². The molecule has 6 atom stereocenters. The average molecular weight is 750 g/mol. The topological polar surface area (TPSA) is 223 Å². The number of carbonyl (C=O) groups excluding carboxylic acids is 3. The molecular weight excluding hydrogens is 704 g/mol. The summed E-state index contributed by atoms with van der Waals surface area (Å²) in [7, 11) is -13.0. The fraction of sp³-hybridized carbons (Fsp3) is 0.900. The molecule has 0 saturated heterocycles. The molecule has 12 nitrogen and oxygen atoms in total. The molecular formula is C30H45FeO12S3. The van der Waals surface area contributed by atoms with Crippen LogP contribution in [0.4, 0.5) is 0 Å². The zero-order chi connectivity index (χ0) is 34.4. The summed E-state index contributed by atoms with van der Waals surface area (Å²) in [6.45, 7) is 11.5. The molecule has 46 heavy (non-hydrogen) atoms. The normalized spacial score (nSPS) is 37.8. The first kappa shape index (κ1) is 39.7. The molecule has 6 fully saturated rings. The predicted molar refractivity (Wildman–Crippen MR) is 159 cm³/mol. The largest absolute Gasteiger partial charge is 3.00 e. The number of hydrogen-bond acceptors (Lipinski definition) is 12. The second kappa shape index (κ2) is 11.9. The number of Topliss-reactive ketones (excluding diaryl/α,β-unsaturated/α-hetero) is 3. The van der Waals surface area contributed by atoms with Crippen molar-refractivity contribution in [1.82, 2.24) is 0 Å². The van der Waals surface area contributed by atoms with Gasteiger partial charge in [-0.1, -0.05) is 41.5 Å². The number of carbonyl (C=O) groups is 3. The summed E-state index contributed by atoms with van der Waals surface area (Å²) in [5.74, 6) is -0.840. The predicted octanol–water partition coefficient (Wildman–Crippen LogP) is 2.78. The molecule has 0 aromatic heterocycles. The van der Waals surface area contributed by atoms with Crippen LogP contribution in [0.15, 0.2) is 0 Å². The van der Waals surface area contributed by atoms with Gasteiger partial charge in [-0.25, -0.2) is 25.3 Å². The van der Waals surface area contributed by atoms with E-state index in [-0.39, 0.29) is 68.4 Å². The van der Waals surface area contributed by atoms with Crippen LogP contribution >= 0.6 is 0 Å². The van der Waals surface area contributed by atoms with Gasteiger partial charge >= 0.3 is 17.1 Å². The molecule has 0 aliphatic heterocycles. The fourth-order valence-corrected chi connectivity index (χ4v) is 14.1. The van der Waals surface area contributed by atoms with E-state index in [1.807, 2.05) is 41.5 Å². The third kappa shape index (κ3) is 6.35. The first-order chi connectivity index (χ1) is 20.1. The Kier molecular flexibility index (Phi) is 10.3. The van der Waals surface area contributed by atoms with E-state index in [9.17, 15) is 53.3 Å². The molecule has 6 unspecified atom stereocenters. The minimum absolute atomic E-state index is 0. The van der Waals surface area contributed by atoms with Crippen molar-refractivity contribution in [2.24, 2.45) is 50.2 Å². The van der Waals surface area contributed by atoms with E-state index in [0.29, 0.717) is 38.5 Å². The molecule has 0 amide bonds. The van der Waals surface area contributed by atoms with Gasteiger partial charge in [0.2, 0.25) is 0 Å². The molecule has 1 radical (unpaired) electrons. The molecule has 0 aromatic rings. The first-order valence-corrected chi connectivity index (χ1v) is 20.2. The van der Waals surface area contributed by atoms with Crippen LogP contribution in [0.5, 0.6) is 0 Å². The van der Waals surface area contributed by atoms with Crippen LogP contribution in [0.2, 0.25) is 0 Å². The number of hydrogen-bond donors (Lipinski definition) is 0. The smallest absolute Gasteiger partial charge is 0.748 e. The van der Waals surface area contributed by atoms with Gasteiger partial charge in [-0.3, -0.25) is 14.4 Å². The third-order valence-electron chi connectivity index (χ3n) is 13.7. The molecule has 0 spiro atoms. The van der Waals surface area contributed by atoms with Crippen molar-refractivity contribution in [3.8, 4) is 0 Å². The monoisotopic (exact) mass is 749 g/mol. The van der Waals surface area contributed by atoms with Gasteiger partial charge in [0.05, 0.1) is 47.6 Å². The van der Waals surface area contributed by atoms with E-state index in [4.69, 9.17) is 0 Å². The van der Waals surface area contributed by atoms with Crippen LogP contribution in [0, 0.1) is 50.2 Å². The van der Waals surface area contributed by atoms with Crippen LogP contribution < -0.4 is 0 Å². The number of ketones is 3. The zero-order valence-electron chi connectivity index (χ0n) is 27.2. The molecule has 6 bridgehead atoms. The fourth-order valence-electron chi connectivity index (χ4n) is 10.2. The van der Waals surface area contributed by atoms with Gasteiger partial charge in [0.15, 0.2) is 0 Å². The third-order valence-corrected chi connectivity index (χ3v) is 16.2. The first-order valence-electron chi connectivity index (χ1n) is 15.5. The van der Waals surface area contributed by atoms with Crippen molar-refractivity contribution >= 4 is 47.7 Å². The Morgan fingerprint density at radius 3 is 0.804 bits per heavy atom. The summed E-state index contributed by atoms with van der Waals surface area (Å²) in [5, 5.41) is 0. The average Bonchev–Trinajstić information content (AvgIpc) is 3.48. The van der Waals surface area contributed by atoms with Crippen LogP contribution in [0.3, 0.4) is 0 Å². The van der Waals surface area contributed by atoms with E-state index in [1.54, 1.807) is 0 Å². The Labute approximate surface area is 283 Å². The molecule has 6 saturated carbocycles. The van der Waals surface area contributed by atoms with E-state index in [1.165, 1.54) is 0 Å². The van der Waals surface area contributed by atoms with Crippen LogP contribution in [0.25, 0.3) is 0 Å². The van der Waals surface area contributed by atoms with Crippen molar-refractivity contribution in [3.05, 3.63) is 0 Å². The molecule has 16 heteroatoms. The molecule has 0 heterocycles. The summed E-state index contributed by atoms with van der Waals surface area (Å²) in [5.41, 5.74) is -3.67. The summed E-state index contributed by atoms with van der Waals surface area (Å²) in [6, 6.07) is 0. The maximum absolute atomic E-state index is 11.8. The minimum atomic E-state index is -4.33. The zero-order valence-corrected chi connectivity index (χ0v) is 30.7. The summed E-state index contributed by atoms with van der Waals surface area (Å²) in [6.07, 6.45) is 5.63. The van der Waals surface area contributed by atoms with Gasteiger partial charge in [0, 0.05) is 35.5 Å². The quantitative estimate of drug-likeness (QED) is 0.283. The molecule has 6 aliphatic carbocycles. The van der Waals surface area contributed by atoms with Crippen molar-refractivity contribution in [3.63, 3.8) is 0 Å². The SMILES string of the molecule is CC1(C)C2CCC1(CS(=O)(=O)[O-])C(=O)C2.CC1(C)C2CCC1(CS(=O)(=O)[O-])C(=O)C2.CC1(C)C2CCC1(CS(=O)(=O)[O-])C(=O)C2.[Fe+3]. The van der Waals surface area contributed by atoms with Crippen molar-refractivity contribution < 1.29 is 70.4 Å². The number of fused-ring (bicyclic) bond motifs is 6. The Hall–Kier alpha value is -0.741. The van der Waals surface area contributed by atoms with E-state index >= 15 is 0 Å². The molecule has 6 aliphatic rings. The van der Waals surface area contributed by atoms with Crippen molar-refractivity contribution in [2.75, 3.05) is 17.3 Å². The van der Waals surface area contributed by atoms with Gasteiger partial charge in [-0.15, -0.1) is 0 Å². The summed E-state index contributed by atoms with van der Waals surface area (Å²) >= 11 is 0.